The third-order valence-electron chi connectivity index (χ3n) is 5.98. The molecule has 1 aromatic heterocycles. The van der Waals surface area contributed by atoms with Crippen molar-refractivity contribution in [1.29, 1.82) is 0 Å². The number of carboxylic acids is 1. The Morgan fingerprint density at radius 1 is 0.917 bits per heavy atom. The van der Waals surface area contributed by atoms with E-state index in [1.54, 1.807) is 12.1 Å². The van der Waals surface area contributed by atoms with Crippen molar-refractivity contribution in [1.82, 2.24) is 10.6 Å². The summed E-state index contributed by atoms with van der Waals surface area (Å²) in [6.45, 7) is 0.00766. The van der Waals surface area contributed by atoms with Crippen molar-refractivity contribution in [2.45, 2.75) is 31.8 Å². The lowest BCUT2D eigenvalue weighted by atomic mass is 9.87. The maximum Gasteiger partial charge on any atom is 0.306 e. The van der Waals surface area contributed by atoms with E-state index in [1.807, 2.05) is 0 Å². The molecule has 2 amide bonds. The number of nitrogens with one attached hydrogen (secondary N) is 2. The van der Waals surface area contributed by atoms with E-state index < -0.39 is 52.8 Å². The monoisotopic (exact) mass is 520 g/mol. The quantitative estimate of drug-likeness (QED) is 0.380. The van der Waals surface area contributed by atoms with Gasteiger partial charge in [0.1, 0.15) is 11.6 Å². The predicted molar refractivity (Wildman–Crippen MR) is 127 cm³/mol. The Kier molecular flexibility index (Phi) is 7.78. The van der Waals surface area contributed by atoms with Crippen LogP contribution in [0, 0.1) is 23.4 Å². The summed E-state index contributed by atoms with van der Waals surface area (Å²) in [7, 11) is 0. The van der Waals surface area contributed by atoms with E-state index in [1.165, 1.54) is 23.5 Å². The molecule has 1 saturated carbocycles. The van der Waals surface area contributed by atoms with E-state index in [2.05, 4.69) is 10.6 Å². The number of fused-ring (bicyclic) bond motifs is 1. The van der Waals surface area contributed by atoms with Crippen molar-refractivity contribution in [3.05, 3.63) is 64.3 Å². The van der Waals surface area contributed by atoms with Crippen LogP contribution in [0.3, 0.4) is 0 Å². The molecule has 2 aromatic carbocycles. The standard InChI is InChI=1S/C25H23F3N2O5S/c26-15-3-6-21-14(9-15)10-22(36-21)24(32)30-8-7-29-23(31)17-11-19(28)20(12-18(17)27)35-16-4-1-13(2-5-16)25(33)34/h3,6,9-13,16H,1-2,4-5,7-8H2,(H,29,31)(H,30,32)(H,33,34). The topological polar surface area (TPSA) is 105 Å². The summed E-state index contributed by atoms with van der Waals surface area (Å²) >= 11 is 1.20. The molecule has 1 aliphatic carbocycles. The van der Waals surface area contributed by atoms with Gasteiger partial charge in [-0.15, -0.1) is 11.3 Å². The number of halogens is 3. The molecule has 0 bridgehead atoms. The van der Waals surface area contributed by atoms with Gasteiger partial charge in [0, 0.05) is 23.9 Å². The molecular weight excluding hydrogens is 497 g/mol. The molecule has 3 N–H and O–H groups in total. The van der Waals surface area contributed by atoms with Crippen LogP contribution < -0.4 is 15.4 Å². The van der Waals surface area contributed by atoms with Gasteiger partial charge in [-0.25, -0.2) is 13.2 Å². The summed E-state index contributed by atoms with van der Waals surface area (Å²) in [5.41, 5.74) is -0.507. The summed E-state index contributed by atoms with van der Waals surface area (Å²) < 4.78 is 48.6. The molecule has 0 spiro atoms. The molecule has 7 nitrogen and oxygen atoms in total. The van der Waals surface area contributed by atoms with Crippen LogP contribution in [0.4, 0.5) is 13.2 Å². The zero-order chi connectivity index (χ0) is 25.8. The van der Waals surface area contributed by atoms with Crippen molar-refractivity contribution >= 4 is 39.2 Å². The predicted octanol–water partition coefficient (Wildman–Crippen LogP) is 4.50. The lowest BCUT2D eigenvalue weighted by Gasteiger charge is -2.27. The number of carbonyl (C=O) groups is 3. The Labute approximate surface area is 208 Å². The minimum absolute atomic E-state index is 0.0315. The minimum Gasteiger partial charge on any atom is -0.487 e. The third kappa shape index (κ3) is 5.96. The second-order valence-corrected chi connectivity index (χ2v) is 9.58. The molecule has 4 rings (SSSR count). The molecular formula is C25H23F3N2O5S. The Balaban J connectivity index is 1.27. The third-order valence-corrected chi connectivity index (χ3v) is 7.10. The van der Waals surface area contributed by atoms with Gasteiger partial charge in [0.2, 0.25) is 0 Å². The van der Waals surface area contributed by atoms with E-state index in [-0.39, 0.29) is 18.8 Å². The van der Waals surface area contributed by atoms with E-state index in [4.69, 9.17) is 9.84 Å². The maximum absolute atomic E-state index is 14.5. The van der Waals surface area contributed by atoms with Gasteiger partial charge in [0.25, 0.3) is 11.8 Å². The summed E-state index contributed by atoms with van der Waals surface area (Å²) in [5.74, 6) is -5.21. The van der Waals surface area contributed by atoms with Crippen LogP contribution in [0.2, 0.25) is 0 Å². The highest BCUT2D eigenvalue weighted by molar-refractivity contribution is 7.20. The second kappa shape index (κ2) is 11.0. The Hall–Kier alpha value is -3.60. The van der Waals surface area contributed by atoms with Gasteiger partial charge in [0.15, 0.2) is 11.6 Å². The molecule has 0 atom stereocenters. The summed E-state index contributed by atoms with van der Waals surface area (Å²) in [5, 5.41) is 14.7. The second-order valence-electron chi connectivity index (χ2n) is 8.50. The van der Waals surface area contributed by atoms with Crippen LogP contribution in [0.1, 0.15) is 45.7 Å². The fourth-order valence-corrected chi connectivity index (χ4v) is 5.02. The summed E-state index contributed by atoms with van der Waals surface area (Å²) in [4.78, 5) is 36.0. The highest BCUT2D eigenvalue weighted by atomic mass is 32.1. The van der Waals surface area contributed by atoms with Gasteiger partial charge >= 0.3 is 5.97 Å². The first-order chi connectivity index (χ1) is 17.2. The number of ether oxygens (including phenoxy) is 1. The molecule has 0 unspecified atom stereocenters. The van der Waals surface area contributed by atoms with Gasteiger partial charge < -0.3 is 20.5 Å². The van der Waals surface area contributed by atoms with Crippen molar-refractivity contribution in [3.63, 3.8) is 0 Å². The van der Waals surface area contributed by atoms with Crippen LogP contribution in [0.5, 0.6) is 5.75 Å². The highest BCUT2D eigenvalue weighted by Crippen LogP contribution is 2.30. The normalized spacial score (nSPS) is 17.5. The number of amides is 2. The van der Waals surface area contributed by atoms with Gasteiger partial charge in [0.05, 0.1) is 22.5 Å². The minimum atomic E-state index is -0.968. The lowest BCUT2D eigenvalue weighted by molar-refractivity contribution is -0.143. The molecule has 36 heavy (non-hydrogen) atoms. The fourth-order valence-electron chi connectivity index (χ4n) is 4.06. The molecule has 1 fully saturated rings. The highest BCUT2D eigenvalue weighted by Gasteiger charge is 2.28. The van der Waals surface area contributed by atoms with Crippen LogP contribution >= 0.6 is 11.3 Å². The van der Waals surface area contributed by atoms with Crippen molar-refractivity contribution < 1.29 is 37.4 Å². The van der Waals surface area contributed by atoms with Crippen LogP contribution in [0.15, 0.2) is 36.4 Å². The van der Waals surface area contributed by atoms with Gasteiger partial charge in [-0.2, -0.15) is 0 Å². The first-order valence-corrected chi connectivity index (χ1v) is 12.2. The average molecular weight is 521 g/mol. The van der Waals surface area contributed by atoms with Gasteiger partial charge in [-0.1, -0.05) is 0 Å². The Bertz CT molecular complexity index is 1300. The number of thiophene rings is 1. The first-order valence-electron chi connectivity index (χ1n) is 11.3. The van der Waals surface area contributed by atoms with Gasteiger partial charge in [-0.05, 0) is 61.4 Å². The first kappa shape index (κ1) is 25.5. The Morgan fingerprint density at radius 2 is 1.61 bits per heavy atom. The zero-order valence-corrected chi connectivity index (χ0v) is 19.8. The number of carboxylic acid groups (broad SMARTS) is 1. The number of hydrogen-bond donors (Lipinski definition) is 3. The molecule has 1 aliphatic rings. The van der Waals surface area contributed by atoms with Gasteiger partial charge in [-0.3, -0.25) is 14.4 Å². The molecule has 1 heterocycles. The molecule has 11 heteroatoms. The van der Waals surface area contributed by atoms with E-state index in [9.17, 15) is 27.6 Å². The number of carbonyl (C=O) groups excluding carboxylic acids is 2. The number of hydrogen-bond acceptors (Lipinski definition) is 5. The van der Waals surface area contributed by atoms with Crippen LogP contribution in [-0.4, -0.2) is 42.1 Å². The smallest absolute Gasteiger partial charge is 0.306 e. The molecule has 0 saturated heterocycles. The lowest BCUT2D eigenvalue weighted by Crippen LogP contribution is -2.34. The fraction of sp³-hybridized carbons (Fsp3) is 0.320. The Morgan fingerprint density at radius 3 is 2.31 bits per heavy atom. The summed E-state index contributed by atoms with van der Waals surface area (Å²) in [6.07, 6.45) is 1.16. The molecule has 3 aromatic rings. The van der Waals surface area contributed by atoms with E-state index >= 15 is 0 Å². The summed E-state index contributed by atoms with van der Waals surface area (Å²) in [6, 6.07) is 7.34. The van der Waals surface area contributed by atoms with Crippen LogP contribution in [0.25, 0.3) is 10.1 Å². The zero-order valence-electron chi connectivity index (χ0n) is 19.0. The van der Waals surface area contributed by atoms with E-state index in [0.717, 1.165) is 16.8 Å². The number of benzene rings is 2. The van der Waals surface area contributed by atoms with Crippen molar-refractivity contribution in [3.8, 4) is 5.75 Å². The molecule has 0 aliphatic heterocycles. The van der Waals surface area contributed by atoms with Crippen LogP contribution in [-0.2, 0) is 4.79 Å². The molecule has 190 valence electrons. The van der Waals surface area contributed by atoms with Crippen molar-refractivity contribution in [2.75, 3.05) is 13.1 Å². The molecule has 0 radical (unpaired) electrons. The largest absolute Gasteiger partial charge is 0.487 e. The SMILES string of the molecule is O=C(NCCNC(=O)c1cc(F)c(OC2CCC(C(=O)O)CC2)cc1F)c1cc2cc(F)ccc2s1. The maximum atomic E-state index is 14.5. The number of aliphatic carboxylic acids is 1. The van der Waals surface area contributed by atoms with E-state index in [0.29, 0.717) is 35.9 Å². The number of rotatable bonds is 8. The average Bonchev–Trinajstić information content (AvgIpc) is 3.27. The van der Waals surface area contributed by atoms with Crippen molar-refractivity contribution in [2.24, 2.45) is 5.92 Å².